The number of carboxylic acids is 1. The van der Waals surface area contributed by atoms with E-state index in [-0.39, 0.29) is 17.1 Å². The SMILES string of the molecule is CN(C)CCCN(Cc1ccc(C(=O)O)cc1)C(=O)NC(C)(C)C. The Kier molecular flexibility index (Phi) is 7.22. The molecule has 0 radical (unpaired) electrons. The van der Waals surface area contributed by atoms with Crippen LogP contribution in [0.15, 0.2) is 24.3 Å². The Morgan fingerprint density at radius 2 is 1.67 bits per heavy atom. The molecular formula is C18H29N3O3. The Bertz CT molecular complexity index is 548. The number of carbonyl (C=O) groups is 2. The largest absolute Gasteiger partial charge is 0.478 e. The van der Waals surface area contributed by atoms with Gasteiger partial charge in [0.2, 0.25) is 0 Å². The average Bonchev–Trinajstić information content (AvgIpc) is 2.44. The van der Waals surface area contributed by atoms with E-state index in [1.165, 1.54) is 0 Å². The topological polar surface area (TPSA) is 72.9 Å². The molecule has 0 aliphatic heterocycles. The normalized spacial score (nSPS) is 11.4. The lowest BCUT2D eigenvalue weighted by Crippen LogP contribution is -2.48. The first-order valence-electron chi connectivity index (χ1n) is 8.12. The van der Waals surface area contributed by atoms with Crippen LogP contribution in [0.25, 0.3) is 0 Å². The van der Waals surface area contributed by atoms with Crippen molar-refractivity contribution in [3.63, 3.8) is 0 Å². The molecule has 1 rings (SSSR count). The molecule has 6 heteroatoms. The minimum absolute atomic E-state index is 0.108. The summed E-state index contributed by atoms with van der Waals surface area (Å²) in [5.74, 6) is -0.949. The van der Waals surface area contributed by atoms with Crippen molar-refractivity contribution in [2.45, 2.75) is 39.3 Å². The van der Waals surface area contributed by atoms with E-state index in [9.17, 15) is 9.59 Å². The maximum absolute atomic E-state index is 12.5. The summed E-state index contributed by atoms with van der Waals surface area (Å²) < 4.78 is 0. The van der Waals surface area contributed by atoms with E-state index in [1.807, 2.05) is 34.9 Å². The van der Waals surface area contributed by atoms with E-state index in [4.69, 9.17) is 5.11 Å². The number of nitrogens with zero attached hydrogens (tertiary/aromatic N) is 2. The van der Waals surface area contributed by atoms with Crippen LogP contribution in [0.2, 0.25) is 0 Å². The van der Waals surface area contributed by atoms with E-state index in [1.54, 1.807) is 29.2 Å². The summed E-state index contributed by atoms with van der Waals surface area (Å²) in [5, 5.41) is 11.9. The Morgan fingerprint density at radius 1 is 1.08 bits per heavy atom. The third-order valence-corrected chi connectivity index (χ3v) is 3.38. The van der Waals surface area contributed by atoms with Crippen molar-refractivity contribution in [1.29, 1.82) is 0 Å². The quantitative estimate of drug-likeness (QED) is 0.803. The van der Waals surface area contributed by atoms with Crippen LogP contribution in [0.3, 0.4) is 0 Å². The van der Waals surface area contributed by atoms with E-state index >= 15 is 0 Å². The molecule has 2 N–H and O–H groups in total. The molecule has 1 aromatic carbocycles. The minimum atomic E-state index is -0.949. The van der Waals surface area contributed by atoms with Crippen LogP contribution in [0, 0.1) is 0 Å². The second kappa shape index (κ2) is 8.68. The maximum Gasteiger partial charge on any atom is 0.335 e. The fourth-order valence-electron chi connectivity index (χ4n) is 2.20. The number of hydrogen-bond donors (Lipinski definition) is 2. The zero-order valence-corrected chi connectivity index (χ0v) is 15.3. The van der Waals surface area contributed by atoms with Crippen LogP contribution < -0.4 is 5.32 Å². The second-order valence-corrected chi connectivity index (χ2v) is 7.26. The number of benzene rings is 1. The van der Waals surface area contributed by atoms with Gasteiger partial charge in [-0.05, 0) is 65.5 Å². The highest BCUT2D eigenvalue weighted by molar-refractivity contribution is 5.87. The van der Waals surface area contributed by atoms with Crippen molar-refractivity contribution in [1.82, 2.24) is 15.1 Å². The Hall–Kier alpha value is -2.08. The molecule has 1 aromatic rings. The highest BCUT2D eigenvalue weighted by atomic mass is 16.4. The number of carbonyl (C=O) groups excluding carboxylic acids is 1. The van der Waals surface area contributed by atoms with Gasteiger partial charge in [-0.3, -0.25) is 0 Å². The van der Waals surface area contributed by atoms with Crippen molar-refractivity contribution in [3.05, 3.63) is 35.4 Å². The lowest BCUT2D eigenvalue weighted by atomic mass is 10.1. The van der Waals surface area contributed by atoms with E-state index in [0.717, 1.165) is 18.5 Å². The number of nitrogens with one attached hydrogen (secondary N) is 1. The molecular weight excluding hydrogens is 306 g/mol. The molecule has 0 saturated heterocycles. The molecule has 0 atom stereocenters. The third kappa shape index (κ3) is 7.46. The lowest BCUT2D eigenvalue weighted by Gasteiger charge is -2.29. The van der Waals surface area contributed by atoms with Gasteiger partial charge in [0.1, 0.15) is 0 Å². The number of aromatic carboxylic acids is 1. The first-order valence-corrected chi connectivity index (χ1v) is 8.12. The summed E-state index contributed by atoms with van der Waals surface area (Å²) in [7, 11) is 4.01. The van der Waals surface area contributed by atoms with Gasteiger partial charge in [0, 0.05) is 18.6 Å². The van der Waals surface area contributed by atoms with Crippen LogP contribution in [0.1, 0.15) is 43.1 Å². The van der Waals surface area contributed by atoms with Gasteiger partial charge in [0.05, 0.1) is 5.56 Å². The monoisotopic (exact) mass is 335 g/mol. The second-order valence-electron chi connectivity index (χ2n) is 7.26. The minimum Gasteiger partial charge on any atom is -0.478 e. The molecule has 0 aromatic heterocycles. The Morgan fingerprint density at radius 3 is 2.12 bits per heavy atom. The predicted molar refractivity (Wildman–Crippen MR) is 95.3 cm³/mol. The molecule has 0 heterocycles. The molecule has 0 saturated carbocycles. The lowest BCUT2D eigenvalue weighted by molar-refractivity contribution is 0.0696. The zero-order chi connectivity index (χ0) is 18.3. The van der Waals surface area contributed by atoms with Gasteiger partial charge in [-0.25, -0.2) is 9.59 Å². The number of rotatable bonds is 7. The molecule has 0 unspecified atom stereocenters. The Balaban J connectivity index is 2.79. The summed E-state index contributed by atoms with van der Waals surface area (Å²) in [6.07, 6.45) is 0.873. The van der Waals surface area contributed by atoms with Crippen molar-refractivity contribution in [2.75, 3.05) is 27.2 Å². The van der Waals surface area contributed by atoms with Crippen LogP contribution >= 0.6 is 0 Å². The molecule has 6 nitrogen and oxygen atoms in total. The Labute approximate surface area is 144 Å². The van der Waals surface area contributed by atoms with Gasteiger partial charge in [-0.15, -0.1) is 0 Å². The number of amides is 2. The smallest absolute Gasteiger partial charge is 0.335 e. The maximum atomic E-state index is 12.5. The molecule has 2 amide bonds. The highest BCUT2D eigenvalue weighted by Crippen LogP contribution is 2.10. The molecule has 0 aliphatic rings. The molecule has 0 fully saturated rings. The first kappa shape index (κ1) is 20.0. The molecule has 134 valence electrons. The van der Waals surface area contributed by atoms with Gasteiger partial charge in [0.15, 0.2) is 0 Å². The van der Waals surface area contributed by atoms with Crippen LogP contribution in [0.5, 0.6) is 0 Å². The van der Waals surface area contributed by atoms with Gasteiger partial charge < -0.3 is 20.2 Å². The average molecular weight is 335 g/mol. The predicted octanol–water partition coefficient (Wildman–Crippen LogP) is 2.65. The van der Waals surface area contributed by atoms with E-state index in [2.05, 4.69) is 10.2 Å². The molecule has 0 aliphatic carbocycles. The van der Waals surface area contributed by atoms with Crippen molar-refractivity contribution >= 4 is 12.0 Å². The van der Waals surface area contributed by atoms with E-state index < -0.39 is 5.97 Å². The number of carboxylic acid groups (broad SMARTS) is 1. The summed E-state index contributed by atoms with van der Waals surface area (Å²) in [4.78, 5) is 27.3. The zero-order valence-electron chi connectivity index (χ0n) is 15.3. The third-order valence-electron chi connectivity index (χ3n) is 3.38. The molecule has 0 bridgehead atoms. The summed E-state index contributed by atoms with van der Waals surface area (Å²) >= 11 is 0. The molecule has 0 spiro atoms. The van der Waals surface area contributed by atoms with Gasteiger partial charge >= 0.3 is 12.0 Å². The fraction of sp³-hybridized carbons (Fsp3) is 0.556. The fourth-order valence-corrected chi connectivity index (χ4v) is 2.20. The first-order chi connectivity index (χ1) is 11.1. The summed E-state index contributed by atoms with van der Waals surface area (Å²) in [5.41, 5.74) is 0.857. The van der Waals surface area contributed by atoms with Gasteiger partial charge in [0.25, 0.3) is 0 Å². The van der Waals surface area contributed by atoms with E-state index in [0.29, 0.717) is 13.1 Å². The van der Waals surface area contributed by atoms with Crippen LogP contribution in [-0.4, -0.2) is 59.6 Å². The number of hydrogen-bond acceptors (Lipinski definition) is 3. The standard InChI is InChI=1S/C18H29N3O3/c1-18(2,3)19-17(24)21(12-6-11-20(4)5)13-14-7-9-15(10-8-14)16(22)23/h7-10H,6,11-13H2,1-5H3,(H,19,24)(H,22,23). The van der Waals surface area contributed by atoms with Crippen LogP contribution in [0.4, 0.5) is 4.79 Å². The summed E-state index contributed by atoms with van der Waals surface area (Å²) in [6, 6.07) is 6.54. The van der Waals surface area contributed by atoms with Crippen molar-refractivity contribution in [2.24, 2.45) is 0 Å². The molecule has 24 heavy (non-hydrogen) atoms. The van der Waals surface area contributed by atoms with Crippen molar-refractivity contribution in [3.8, 4) is 0 Å². The van der Waals surface area contributed by atoms with Gasteiger partial charge in [-0.1, -0.05) is 12.1 Å². The summed E-state index contributed by atoms with van der Waals surface area (Å²) in [6.45, 7) is 7.84. The number of urea groups is 1. The van der Waals surface area contributed by atoms with Crippen LogP contribution in [-0.2, 0) is 6.54 Å². The van der Waals surface area contributed by atoms with Gasteiger partial charge in [-0.2, -0.15) is 0 Å². The van der Waals surface area contributed by atoms with Crippen molar-refractivity contribution < 1.29 is 14.7 Å². The highest BCUT2D eigenvalue weighted by Gasteiger charge is 2.19.